The summed E-state index contributed by atoms with van der Waals surface area (Å²) < 4.78 is 33.4. The van der Waals surface area contributed by atoms with Crippen molar-refractivity contribution in [3.05, 3.63) is 52.6 Å². The van der Waals surface area contributed by atoms with Gasteiger partial charge in [0, 0.05) is 0 Å². The summed E-state index contributed by atoms with van der Waals surface area (Å²) in [5.74, 6) is -0.0453. The van der Waals surface area contributed by atoms with Crippen LogP contribution in [0.1, 0.15) is 27.0 Å². The van der Waals surface area contributed by atoms with Crippen LogP contribution in [0.4, 0.5) is 5.69 Å². The second kappa shape index (κ2) is 6.52. The molecule has 128 valence electrons. The molecule has 6 nitrogen and oxygen atoms in total. The predicted octanol–water partition coefficient (Wildman–Crippen LogP) is 2.52. The molecule has 0 saturated carbocycles. The number of carbonyl (C=O) groups is 1. The van der Waals surface area contributed by atoms with Gasteiger partial charge in [0.2, 0.25) is 0 Å². The number of carbonyl (C=O) groups excluding carboxylic acids is 1. The minimum Gasteiger partial charge on any atom is -0.496 e. The van der Waals surface area contributed by atoms with Gasteiger partial charge in [-0.05, 0) is 55.7 Å². The minimum atomic E-state index is -3.88. The molecule has 0 radical (unpaired) electrons. The third-order valence-electron chi connectivity index (χ3n) is 3.91. The molecule has 0 heterocycles. The molecule has 2 rings (SSSR count). The summed E-state index contributed by atoms with van der Waals surface area (Å²) >= 11 is 0. The van der Waals surface area contributed by atoms with Crippen LogP contribution in [-0.2, 0) is 10.0 Å². The van der Waals surface area contributed by atoms with Crippen LogP contribution in [-0.4, -0.2) is 21.4 Å². The summed E-state index contributed by atoms with van der Waals surface area (Å²) in [6.45, 7) is 5.30. The van der Waals surface area contributed by atoms with Crippen LogP contribution in [0.3, 0.4) is 0 Å². The normalized spacial score (nSPS) is 11.2. The molecule has 7 heteroatoms. The van der Waals surface area contributed by atoms with E-state index in [0.717, 1.165) is 5.56 Å². The maximum Gasteiger partial charge on any atom is 0.262 e. The van der Waals surface area contributed by atoms with Crippen LogP contribution in [0.25, 0.3) is 0 Å². The summed E-state index contributed by atoms with van der Waals surface area (Å²) in [6.07, 6.45) is 0. The van der Waals surface area contributed by atoms with E-state index in [1.165, 1.54) is 12.1 Å². The number of hydrogen-bond donors (Lipinski definition) is 2. The first-order valence-electron chi connectivity index (χ1n) is 7.25. The molecule has 2 aromatic rings. The van der Waals surface area contributed by atoms with Crippen molar-refractivity contribution in [1.29, 1.82) is 0 Å². The number of amides is 1. The minimum absolute atomic E-state index is 0.112. The lowest BCUT2D eigenvalue weighted by atomic mass is 10.1. The molecule has 0 fully saturated rings. The molecule has 0 atom stereocenters. The maximum absolute atomic E-state index is 12.8. The highest BCUT2D eigenvalue weighted by molar-refractivity contribution is 7.92. The van der Waals surface area contributed by atoms with Crippen molar-refractivity contribution in [2.75, 3.05) is 11.8 Å². The smallest absolute Gasteiger partial charge is 0.262 e. The third kappa shape index (κ3) is 3.21. The van der Waals surface area contributed by atoms with Crippen molar-refractivity contribution in [2.24, 2.45) is 5.73 Å². The van der Waals surface area contributed by atoms with Gasteiger partial charge in [-0.2, -0.15) is 0 Å². The highest BCUT2D eigenvalue weighted by Gasteiger charge is 2.23. The van der Waals surface area contributed by atoms with Gasteiger partial charge in [-0.15, -0.1) is 0 Å². The van der Waals surface area contributed by atoms with Crippen LogP contribution in [0.2, 0.25) is 0 Å². The Morgan fingerprint density at radius 1 is 1.12 bits per heavy atom. The number of nitrogens with one attached hydrogen (secondary N) is 1. The molecule has 3 N–H and O–H groups in total. The van der Waals surface area contributed by atoms with Crippen LogP contribution >= 0.6 is 0 Å². The van der Waals surface area contributed by atoms with Crippen molar-refractivity contribution in [3.8, 4) is 5.75 Å². The number of methoxy groups -OCH3 is 1. The fraction of sp³-hybridized carbons (Fsp3) is 0.235. The number of rotatable bonds is 5. The van der Waals surface area contributed by atoms with E-state index < -0.39 is 15.9 Å². The molecule has 1 amide bonds. The van der Waals surface area contributed by atoms with E-state index >= 15 is 0 Å². The molecule has 0 spiro atoms. The standard InChI is InChI=1S/C17H20N2O4S/c1-10-9-15(11(2)12(3)16(10)23-4)24(21,22)19-14-8-6-5-7-13(14)17(18)20/h5-9,19H,1-4H3,(H2,18,20). The van der Waals surface area contributed by atoms with Gasteiger partial charge < -0.3 is 10.5 Å². The number of nitrogens with two attached hydrogens (primary N) is 1. The second-order valence-electron chi connectivity index (χ2n) is 5.49. The van der Waals surface area contributed by atoms with Gasteiger partial charge >= 0.3 is 0 Å². The SMILES string of the molecule is COc1c(C)cc(S(=O)(=O)Nc2ccccc2C(N)=O)c(C)c1C. The van der Waals surface area contributed by atoms with Crippen LogP contribution in [0.15, 0.2) is 35.2 Å². The molecule has 0 aliphatic rings. The van der Waals surface area contributed by atoms with E-state index in [1.807, 2.05) is 0 Å². The Morgan fingerprint density at radius 2 is 1.75 bits per heavy atom. The highest BCUT2D eigenvalue weighted by Crippen LogP contribution is 2.32. The number of hydrogen-bond acceptors (Lipinski definition) is 4. The number of anilines is 1. The summed E-state index contributed by atoms with van der Waals surface area (Å²) in [6, 6.07) is 7.76. The monoisotopic (exact) mass is 348 g/mol. The van der Waals surface area contributed by atoms with E-state index in [4.69, 9.17) is 10.5 Å². The number of ether oxygens (including phenoxy) is 1. The Kier molecular flexibility index (Phi) is 4.84. The summed E-state index contributed by atoms with van der Waals surface area (Å²) in [5.41, 5.74) is 7.61. The number of para-hydroxylation sites is 1. The Labute approximate surface area is 141 Å². The number of benzene rings is 2. The topological polar surface area (TPSA) is 98.5 Å². The van der Waals surface area contributed by atoms with Gasteiger partial charge in [0.1, 0.15) is 5.75 Å². The van der Waals surface area contributed by atoms with Crippen molar-refractivity contribution in [2.45, 2.75) is 25.7 Å². The second-order valence-corrected chi connectivity index (χ2v) is 7.14. The zero-order chi connectivity index (χ0) is 18.1. The van der Waals surface area contributed by atoms with Gasteiger partial charge in [0.15, 0.2) is 0 Å². The Hall–Kier alpha value is -2.54. The number of primary amides is 1. The lowest BCUT2D eigenvalue weighted by molar-refractivity contribution is 0.100. The van der Waals surface area contributed by atoms with E-state index in [9.17, 15) is 13.2 Å². The first kappa shape index (κ1) is 17.8. The Bertz CT molecular complexity index is 905. The lowest BCUT2D eigenvalue weighted by Crippen LogP contribution is -2.19. The van der Waals surface area contributed by atoms with Crippen molar-refractivity contribution in [1.82, 2.24) is 0 Å². The summed E-state index contributed by atoms with van der Waals surface area (Å²) in [7, 11) is -2.34. The van der Waals surface area contributed by atoms with Gasteiger partial charge in [-0.25, -0.2) is 8.42 Å². The molecule has 0 unspecified atom stereocenters. The van der Waals surface area contributed by atoms with Gasteiger partial charge in [0.25, 0.3) is 15.9 Å². The van der Waals surface area contributed by atoms with Crippen molar-refractivity contribution >= 4 is 21.6 Å². The first-order chi connectivity index (χ1) is 11.2. The first-order valence-corrected chi connectivity index (χ1v) is 8.73. The van der Waals surface area contributed by atoms with Crippen LogP contribution in [0, 0.1) is 20.8 Å². The molecule has 24 heavy (non-hydrogen) atoms. The molecule has 0 saturated heterocycles. The molecular weight excluding hydrogens is 328 g/mol. The average Bonchev–Trinajstić information content (AvgIpc) is 2.51. The molecular formula is C17H20N2O4S. The van der Waals surface area contributed by atoms with Gasteiger partial charge in [0.05, 0.1) is 23.3 Å². The fourth-order valence-corrected chi connectivity index (χ4v) is 4.07. The quantitative estimate of drug-likeness (QED) is 0.867. The summed E-state index contributed by atoms with van der Waals surface area (Å²) in [4.78, 5) is 11.6. The third-order valence-corrected chi connectivity index (χ3v) is 5.40. The Balaban J connectivity index is 2.56. The van der Waals surface area contributed by atoms with E-state index in [1.54, 1.807) is 46.1 Å². The highest BCUT2D eigenvalue weighted by atomic mass is 32.2. The maximum atomic E-state index is 12.8. The van der Waals surface area contributed by atoms with Gasteiger partial charge in [-0.1, -0.05) is 12.1 Å². The average molecular weight is 348 g/mol. The van der Waals surface area contributed by atoms with Crippen LogP contribution in [0.5, 0.6) is 5.75 Å². The Morgan fingerprint density at radius 3 is 2.33 bits per heavy atom. The van der Waals surface area contributed by atoms with E-state index in [0.29, 0.717) is 16.9 Å². The fourth-order valence-electron chi connectivity index (χ4n) is 2.60. The number of sulfonamides is 1. The van der Waals surface area contributed by atoms with E-state index in [-0.39, 0.29) is 16.1 Å². The predicted molar refractivity (Wildman–Crippen MR) is 93.0 cm³/mol. The van der Waals surface area contributed by atoms with Gasteiger partial charge in [-0.3, -0.25) is 9.52 Å². The lowest BCUT2D eigenvalue weighted by Gasteiger charge is -2.17. The van der Waals surface area contributed by atoms with E-state index in [2.05, 4.69) is 4.72 Å². The van der Waals surface area contributed by atoms with Crippen molar-refractivity contribution < 1.29 is 17.9 Å². The molecule has 2 aromatic carbocycles. The zero-order valence-corrected chi connectivity index (χ0v) is 14.8. The number of aryl methyl sites for hydroxylation is 1. The molecule has 0 aliphatic heterocycles. The zero-order valence-electron chi connectivity index (χ0n) is 14.0. The molecule has 0 aromatic heterocycles. The largest absolute Gasteiger partial charge is 0.496 e. The summed E-state index contributed by atoms with van der Waals surface area (Å²) in [5, 5.41) is 0. The van der Waals surface area contributed by atoms with Crippen molar-refractivity contribution in [3.63, 3.8) is 0 Å². The molecule has 0 bridgehead atoms. The van der Waals surface area contributed by atoms with Crippen LogP contribution < -0.4 is 15.2 Å². The molecule has 0 aliphatic carbocycles.